The Kier molecular flexibility index (Phi) is 2.04. The Morgan fingerprint density at radius 1 is 1.38 bits per heavy atom. The van der Waals surface area contributed by atoms with Crippen LogP contribution in [0.2, 0.25) is 0 Å². The molecule has 74 valence electrons. The van der Waals surface area contributed by atoms with E-state index >= 15 is 0 Å². The highest BCUT2D eigenvalue weighted by Gasteiger charge is 2.51. The van der Waals surface area contributed by atoms with Gasteiger partial charge in [0, 0.05) is 45.2 Å². The fourth-order valence-electron chi connectivity index (χ4n) is 2.42. The average Bonchev–Trinajstić information content (AvgIpc) is 1.90. The van der Waals surface area contributed by atoms with Gasteiger partial charge in [-0.25, -0.2) is 0 Å². The van der Waals surface area contributed by atoms with Crippen LogP contribution >= 0.6 is 0 Å². The number of carbonyl (C=O) groups excluding carboxylic acids is 1. The molecule has 4 heteroatoms. The molecule has 0 bridgehead atoms. The highest BCUT2D eigenvalue weighted by Crippen LogP contribution is 2.38. The molecule has 0 radical (unpaired) electrons. The van der Waals surface area contributed by atoms with Crippen molar-refractivity contribution in [1.29, 1.82) is 0 Å². The molecule has 0 aromatic carbocycles. The van der Waals surface area contributed by atoms with Crippen LogP contribution in [-0.2, 0) is 4.79 Å². The zero-order chi connectivity index (χ0) is 9.47. The molecule has 4 nitrogen and oxygen atoms in total. The lowest BCUT2D eigenvalue weighted by Crippen LogP contribution is -2.73. The summed E-state index contributed by atoms with van der Waals surface area (Å²) in [7, 11) is 1.97. The van der Waals surface area contributed by atoms with Crippen molar-refractivity contribution in [3.8, 4) is 0 Å². The second-order valence-electron chi connectivity index (χ2n) is 4.37. The molecule has 2 saturated heterocycles. The largest absolute Gasteiger partial charge is 0.341 e. The lowest BCUT2D eigenvalue weighted by Gasteiger charge is -2.60. The normalized spacial score (nSPS) is 25.5. The van der Waals surface area contributed by atoms with Crippen LogP contribution in [0, 0.1) is 5.41 Å². The third-order valence-corrected chi connectivity index (χ3v) is 3.00. The topological polar surface area (TPSA) is 35.6 Å². The smallest absolute Gasteiger partial charge is 0.219 e. The summed E-state index contributed by atoms with van der Waals surface area (Å²) in [5.74, 6) is 0.220. The first-order valence-electron chi connectivity index (χ1n) is 4.78. The molecule has 0 aromatic rings. The Labute approximate surface area is 78.9 Å². The van der Waals surface area contributed by atoms with E-state index in [9.17, 15) is 4.79 Å². The molecule has 1 N–H and O–H groups in total. The fourth-order valence-corrected chi connectivity index (χ4v) is 2.42. The summed E-state index contributed by atoms with van der Waals surface area (Å²) in [6, 6.07) is 0. The Morgan fingerprint density at radius 2 is 2.00 bits per heavy atom. The summed E-state index contributed by atoms with van der Waals surface area (Å²) in [5, 5.41) is 3.13. The maximum atomic E-state index is 11.0. The second kappa shape index (κ2) is 2.96. The van der Waals surface area contributed by atoms with E-state index in [-0.39, 0.29) is 5.91 Å². The van der Waals surface area contributed by atoms with Crippen LogP contribution in [0.15, 0.2) is 0 Å². The van der Waals surface area contributed by atoms with Crippen LogP contribution in [0.1, 0.15) is 6.92 Å². The number of likely N-dealkylation sites (tertiary alicyclic amines) is 2. The molecule has 0 saturated carbocycles. The standard InChI is InChI=1S/C9H17N3O/c1-8(13)12-5-9(6-12)3-11(4-9)7-10-2/h10H,3-7H2,1-2H3. The van der Waals surface area contributed by atoms with Crippen molar-refractivity contribution < 1.29 is 4.79 Å². The summed E-state index contributed by atoms with van der Waals surface area (Å²) in [5.41, 5.74) is 0.461. The van der Waals surface area contributed by atoms with Gasteiger partial charge in [-0.3, -0.25) is 9.69 Å². The number of hydrogen-bond donors (Lipinski definition) is 1. The lowest BCUT2D eigenvalue weighted by molar-refractivity contribution is -0.157. The maximum absolute atomic E-state index is 11.0. The van der Waals surface area contributed by atoms with Crippen LogP contribution < -0.4 is 5.32 Å². The van der Waals surface area contributed by atoms with Crippen LogP contribution in [0.5, 0.6) is 0 Å². The minimum Gasteiger partial charge on any atom is -0.341 e. The first-order valence-corrected chi connectivity index (χ1v) is 4.78. The van der Waals surface area contributed by atoms with Gasteiger partial charge in [0.15, 0.2) is 0 Å². The van der Waals surface area contributed by atoms with Crippen molar-refractivity contribution in [2.24, 2.45) is 5.41 Å². The van der Waals surface area contributed by atoms with Gasteiger partial charge in [-0.1, -0.05) is 0 Å². The van der Waals surface area contributed by atoms with Gasteiger partial charge in [-0.05, 0) is 7.05 Å². The summed E-state index contributed by atoms with van der Waals surface area (Å²) >= 11 is 0. The Morgan fingerprint density at radius 3 is 2.46 bits per heavy atom. The fraction of sp³-hybridized carbons (Fsp3) is 0.889. The van der Waals surface area contributed by atoms with Crippen molar-refractivity contribution in [1.82, 2.24) is 15.1 Å². The van der Waals surface area contributed by atoms with Crippen LogP contribution in [-0.4, -0.2) is 55.6 Å². The molecule has 2 fully saturated rings. The highest BCUT2D eigenvalue weighted by atomic mass is 16.2. The number of nitrogens with one attached hydrogen (secondary N) is 1. The molecule has 1 spiro atoms. The van der Waals surface area contributed by atoms with Crippen molar-refractivity contribution >= 4 is 5.91 Å². The van der Waals surface area contributed by atoms with E-state index < -0.39 is 0 Å². The van der Waals surface area contributed by atoms with E-state index in [2.05, 4.69) is 10.2 Å². The van der Waals surface area contributed by atoms with Crippen LogP contribution in [0.25, 0.3) is 0 Å². The van der Waals surface area contributed by atoms with E-state index in [4.69, 9.17) is 0 Å². The number of nitrogens with zero attached hydrogens (tertiary/aromatic N) is 2. The van der Waals surface area contributed by atoms with E-state index in [1.807, 2.05) is 11.9 Å². The molecule has 1 amide bonds. The molecule has 0 aliphatic carbocycles. The Balaban J connectivity index is 1.73. The summed E-state index contributed by atoms with van der Waals surface area (Å²) in [4.78, 5) is 15.3. The van der Waals surface area contributed by atoms with Crippen LogP contribution in [0.3, 0.4) is 0 Å². The van der Waals surface area contributed by atoms with E-state index in [1.165, 1.54) is 0 Å². The van der Waals surface area contributed by atoms with Crippen molar-refractivity contribution in [3.05, 3.63) is 0 Å². The third-order valence-electron chi connectivity index (χ3n) is 3.00. The molecule has 0 atom stereocenters. The van der Waals surface area contributed by atoms with E-state index in [0.717, 1.165) is 32.8 Å². The maximum Gasteiger partial charge on any atom is 0.219 e. The zero-order valence-corrected chi connectivity index (χ0v) is 8.34. The Bertz CT molecular complexity index is 215. The summed E-state index contributed by atoms with van der Waals surface area (Å²) in [6.07, 6.45) is 0. The predicted molar refractivity (Wildman–Crippen MR) is 50.2 cm³/mol. The first kappa shape index (κ1) is 8.97. The SMILES string of the molecule is CNCN1CC2(C1)CN(C(C)=O)C2. The van der Waals surface area contributed by atoms with Gasteiger partial charge < -0.3 is 10.2 Å². The monoisotopic (exact) mass is 183 g/mol. The van der Waals surface area contributed by atoms with Crippen LogP contribution in [0.4, 0.5) is 0 Å². The first-order chi connectivity index (χ1) is 6.15. The number of hydrogen-bond acceptors (Lipinski definition) is 3. The molecular weight excluding hydrogens is 166 g/mol. The number of carbonyl (C=O) groups is 1. The zero-order valence-electron chi connectivity index (χ0n) is 8.34. The second-order valence-corrected chi connectivity index (χ2v) is 4.37. The van der Waals surface area contributed by atoms with Gasteiger partial charge in [0.25, 0.3) is 0 Å². The molecule has 2 aliphatic rings. The average molecular weight is 183 g/mol. The molecular formula is C9H17N3O. The molecule has 13 heavy (non-hydrogen) atoms. The van der Waals surface area contributed by atoms with Gasteiger partial charge in [-0.2, -0.15) is 0 Å². The third kappa shape index (κ3) is 1.44. The van der Waals surface area contributed by atoms with E-state index in [1.54, 1.807) is 6.92 Å². The lowest BCUT2D eigenvalue weighted by atomic mass is 9.73. The van der Waals surface area contributed by atoms with Gasteiger partial charge in [0.1, 0.15) is 0 Å². The molecule has 2 rings (SSSR count). The molecule has 0 unspecified atom stereocenters. The van der Waals surface area contributed by atoms with Gasteiger partial charge in [-0.15, -0.1) is 0 Å². The van der Waals surface area contributed by atoms with Gasteiger partial charge in [0.05, 0.1) is 0 Å². The summed E-state index contributed by atoms with van der Waals surface area (Å²) < 4.78 is 0. The Hall–Kier alpha value is -0.610. The molecule has 2 aliphatic heterocycles. The van der Waals surface area contributed by atoms with Gasteiger partial charge >= 0.3 is 0 Å². The highest BCUT2D eigenvalue weighted by molar-refractivity contribution is 5.74. The van der Waals surface area contributed by atoms with E-state index in [0.29, 0.717) is 5.41 Å². The summed E-state index contributed by atoms with van der Waals surface area (Å²) in [6.45, 7) is 6.87. The van der Waals surface area contributed by atoms with Crippen molar-refractivity contribution in [3.63, 3.8) is 0 Å². The van der Waals surface area contributed by atoms with Gasteiger partial charge in [0.2, 0.25) is 5.91 Å². The quantitative estimate of drug-likeness (QED) is 0.616. The minimum atomic E-state index is 0.220. The minimum absolute atomic E-state index is 0.220. The van der Waals surface area contributed by atoms with Crippen molar-refractivity contribution in [2.45, 2.75) is 6.92 Å². The molecule has 0 aromatic heterocycles. The van der Waals surface area contributed by atoms with Crippen molar-refractivity contribution in [2.75, 3.05) is 39.9 Å². The predicted octanol–water partition coefficient (Wildman–Crippen LogP) is -0.673. The molecule has 2 heterocycles. The number of rotatable bonds is 2. The number of amides is 1.